The number of benzene rings is 3. The standard InChI is InChI=1S/C27H28ClFN2O2/c28-23-10-6-20(7-11-23)26(21-8-12-24(29)13-9-21)30-27(32)22-14-16-31(17-15-22)18-19-33-25-4-2-1-3-5-25/h1-13,22,26H,14-19H2,(H,30,32)/t26-/m0/s1. The van der Waals surface area contributed by atoms with Gasteiger partial charge < -0.3 is 10.1 Å². The van der Waals surface area contributed by atoms with Gasteiger partial charge in [-0.2, -0.15) is 0 Å². The van der Waals surface area contributed by atoms with E-state index in [4.69, 9.17) is 16.3 Å². The van der Waals surface area contributed by atoms with Crippen molar-refractivity contribution < 1.29 is 13.9 Å². The normalized spacial score (nSPS) is 15.7. The highest BCUT2D eigenvalue weighted by Gasteiger charge is 2.27. The summed E-state index contributed by atoms with van der Waals surface area (Å²) in [6, 6.07) is 23.1. The summed E-state index contributed by atoms with van der Waals surface area (Å²) in [6.07, 6.45) is 1.60. The predicted molar refractivity (Wildman–Crippen MR) is 129 cm³/mol. The molecule has 0 spiro atoms. The molecule has 4 nitrogen and oxygen atoms in total. The monoisotopic (exact) mass is 466 g/mol. The minimum absolute atomic E-state index is 0.0273. The van der Waals surface area contributed by atoms with Crippen molar-refractivity contribution in [3.8, 4) is 5.75 Å². The Bertz CT molecular complexity index is 975. The third-order valence-electron chi connectivity index (χ3n) is 6.07. The second-order valence-electron chi connectivity index (χ2n) is 8.32. The van der Waals surface area contributed by atoms with Crippen molar-refractivity contribution in [3.05, 3.63) is 101 Å². The van der Waals surface area contributed by atoms with Crippen molar-refractivity contribution in [2.24, 2.45) is 5.92 Å². The second-order valence-corrected chi connectivity index (χ2v) is 8.76. The number of para-hydroxylation sites is 1. The van der Waals surface area contributed by atoms with E-state index in [0.717, 1.165) is 49.4 Å². The fourth-order valence-electron chi connectivity index (χ4n) is 4.16. The third-order valence-corrected chi connectivity index (χ3v) is 6.32. The number of likely N-dealkylation sites (tertiary alicyclic amines) is 1. The maximum atomic E-state index is 13.5. The number of nitrogens with one attached hydrogen (secondary N) is 1. The quantitative estimate of drug-likeness (QED) is 0.478. The van der Waals surface area contributed by atoms with Crippen LogP contribution in [0, 0.1) is 11.7 Å². The molecular formula is C27H28ClFN2O2. The van der Waals surface area contributed by atoms with Crippen molar-refractivity contribution in [2.45, 2.75) is 18.9 Å². The van der Waals surface area contributed by atoms with Gasteiger partial charge in [-0.05, 0) is 73.5 Å². The number of piperidine rings is 1. The van der Waals surface area contributed by atoms with Crippen LogP contribution in [0.1, 0.15) is 30.0 Å². The van der Waals surface area contributed by atoms with Crippen molar-refractivity contribution in [3.63, 3.8) is 0 Å². The van der Waals surface area contributed by atoms with Gasteiger partial charge in [-0.15, -0.1) is 0 Å². The fraction of sp³-hybridized carbons (Fsp3) is 0.296. The van der Waals surface area contributed by atoms with Crippen LogP contribution in [0.15, 0.2) is 78.9 Å². The number of carbonyl (C=O) groups excluding carboxylic acids is 1. The Morgan fingerprint density at radius 1 is 0.970 bits per heavy atom. The van der Waals surface area contributed by atoms with Gasteiger partial charge in [0.1, 0.15) is 18.2 Å². The number of amides is 1. The maximum absolute atomic E-state index is 13.5. The van der Waals surface area contributed by atoms with Gasteiger partial charge in [-0.3, -0.25) is 9.69 Å². The highest BCUT2D eigenvalue weighted by Crippen LogP contribution is 2.26. The molecule has 1 atom stereocenters. The molecule has 0 unspecified atom stereocenters. The van der Waals surface area contributed by atoms with Crippen molar-refractivity contribution in [2.75, 3.05) is 26.2 Å². The third kappa shape index (κ3) is 6.56. The molecule has 6 heteroatoms. The zero-order valence-corrected chi connectivity index (χ0v) is 19.2. The van der Waals surface area contributed by atoms with Crippen LogP contribution >= 0.6 is 11.6 Å². The Labute approximate surface area is 199 Å². The summed E-state index contributed by atoms with van der Waals surface area (Å²) >= 11 is 6.04. The highest BCUT2D eigenvalue weighted by molar-refractivity contribution is 6.30. The predicted octanol–water partition coefficient (Wildman–Crippen LogP) is 5.48. The molecule has 0 aromatic heterocycles. The van der Waals surface area contributed by atoms with E-state index in [1.54, 1.807) is 24.3 Å². The average Bonchev–Trinajstić information content (AvgIpc) is 2.85. The first-order chi connectivity index (χ1) is 16.1. The van der Waals surface area contributed by atoms with E-state index in [-0.39, 0.29) is 23.7 Å². The Morgan fingerprint density at radius 2 is 1.58 bits per heavy atom. The zero-order valence-electron chi connectivity index (χ0n) is 18.4. The summed E-state index contributed by atoms with van der Waals surface area (Å²) in [6.45, 7) is 3.19. The van der Waals surface area contributed by atoms with Crippen LogP contribution in [0.25, 0.3) is 0 Å². The zero-order chi connectivity index (χ0) is 23.0. The Kier molecular flexibility index (Phi) is 7.97. The molecule has 1 heterocycles. The topological polar surface area (TPSA) is 41.6 Å². The molecule has 4 rings (SSSR count). The smallest absolute Gasteiger partial charge is 0.223 e. The minimum atomic E-state index is -0.354. The van der Waals surface area contributed by atoms with Gasteiger partial charge in [0.15, 0.2) is 0 Å². The number of hydrogen-bond acceptors (Lipinski definition) is 3. The summed E-state index contributed by atoms with van der Waals surface area (Å²) < 4.78 is 19.3. The van der Waals surface area contributed by atoms with E-state index in [1.165, 1.54) is 12.1 Å². The second kappa shape index (κ2) is 11.3. The van der Waals surface area contributed by atoms with Crippen molar-refractivity contribution in [1.29, 1.82) is 0 Å². The van der Waals surface area contributed by atoms with Gasteiger partial charge in [0.2, 0.25) is 5.91 Å². The van der Waals surface area contributed by atoms with Crippen LogP contribution < -0.4 is 10.1 Å². The van der Waals surface area contributed by atoms with Gasteiger partial charge in [0, 0.05) is 17.5 Å². The van der Waals surface area contributed by atoms with Crippen LogP contribution in [0.2, 0.25) is 5.02 Å². The Balaban J connectivity index is 1.32. The summed E-state index contributed by atoms with van der Waals surface area (Å²) in [4.78, 5) is 15.5. The molecule has 0 bridgehead atoms. The van der Waals surface area contributed by atoms with Gasteiger partial charge in [0.25, 0.3) is 0 Å². The van der Waals surface area contributed by atoms with E-state index < -0.39 is 0 Å². The van der Waals surface area contributed by atoms with Crippen molar-refractivity contribution in [1.82, 2.24) is 10.2 Å². The summed E-state index contributed by atoms with van der Waals surface area (Å²) in [5, 5.41) is 3.82. The van der Waals surface area contributed by atoms with Crippen LogP contribution in [0.3, 0.4) is 0 Å². The molecule has 0 saturated carbocycles. The van der Waals surface area contributed by atoms with Crippen molar-refractivity contribution >= 4 is 17.5 Å². The number of ether oxygens (including phenoxy) is 1. The van der Waals surface area contributed by atoms with Gasteiger partial charge in [-0.25, -0.2) is 4.39 Å². The van der Waals surface area contributed by atoms with Crippen LogP contribution in [-0.4, -0.2) is 37.0 Å². The molecule has 3 aromatic carbocycles. The first kappa shape index (κ1) is 23.3. The summed E-state index contributed by atoms with van der Waals surface area (Å²) in [5.41, 5.74) is 1.75. The molecule has 0 aliphatic carbocycles. The number of hydrogen-bond donors (Lipinski definition) is 1. The SMILES string of the molecule is O=C(N[C@H](c1ccc(F)cc1)c1ccc(Cl)cc1)C1CCN(CCOc2ccccc2)CC1. The van der Waals surface area contributed by atoms with Gasteiger partial charge in [0.05, 0.1) is 6.04 Å². The van der Waals surface area contributed by atoms with Crippen LogP contribution in [0.4, 0.5) is 4.39 Å². The molecule has 3 aromatic rings. The molecule has 33 heavy (non-hydrogen) atoms. The first-order valence-electron chi connectivity index (χ1n) is 11.3. The van der Waals surface area contributed by atoms with Crippen LogP contribution in [-0.2, 0) is 4.79 Å². The van der Waals surface area contributed by atoms with Gasteiger partial charge >= 0.3 is 0 Å². The molecule has 1 aliphatic rings. The first-order valence-corrected chi connectivity index (χ1v) is 11.7. The number of carbonyl (C=O) groups is 1. The molecule has 1 amide bonds. The lowest BCUT2D eigenvalue weighted by molar-refractivity contribution is -0.127. The molecule has 0 radical (unpaired) electrons. The van der Waals surface area contributed by atoms with Crippen LogP contribution in [0.5, 0.6) is 5.75 Å². The molecule has 1 saturated heterocycles. The summed E-state index contributed by atoms with van der Waals surface area (Å²) in [7, 11) is 0. The molecule has 1 aliphatic heterocycles. The lowest BCUT2D eigenvalue weighted by atomic mass is 9.93. The van der Waals surface area contributed by atoms with E-state index in [0.29, 0.717) is 11.6 Å². The average molecular weight is 467 g/mol. The Hall–Kier alpha value is -2.89. The van der Waals surface area contributed by atoms with E-state index >= 15 is 0 Å². The van der Waals surface area contributed by atoms with Gasteiger partial charge in [-0.1, -0.05) is 54.1 Å². The van der Waals surface area contributed by atoms with E-state index in [1.807, 2.05) is 42.5 Å². The largest absolute Gasteiger partial charge is 0.492 e. The fourth-order valence-corrected chi connectivity index (χ4v) is 4.28. The highest BCUT2D eigenvalue weighted by atomic mass is 35.5. The molecule has 1 N–H and O–H groups in total. The number of rotatable bonds is 8. The maximum Gasteiger partial charge on any atom is 0.223 e. The lowest BCUT2D eigenvalue weighted by Crippen LogP contribution is -2.42. The van der Waals surface area contributed by atoms with E-state index in [2.05, 4.69) is 10.2 Å². The Morgan fingerprint density at radius 3 is 2.21 bits per heavy atom. The number of nitrogens with zero attached hydrogens (tertiary/aromatic N) is 1. The number of halogens is 2. The summed E-state index contributed by atoms with van der Waals surface area (Å²) in [5.74, 6) is 0.551. The minimum Gasteiger partial charge on any atom is -0.492 e. The molecule has 1 fully saturated rings. The molecular weight excluding hydrogens is 439 g/mol. The lowest BCUT2D eigenvalue weighted by Gasteiger charge is -2.32. The van der Waals surface area contributed by atoms with E-state index in [9.17, 15) is 9.18 Å². The molecule has 172 valence electrons.